The van der Waals surface area contributed by atoms with Gasteiger partial charge in [-0.05, 0) is 46.5 Å². The lowest BCUT2D eigenvalue weighted by atomic mass is 9.90. The fourth-order valence-corrected chi connectivity index (χ4v) is 3.93. The summed E-state index contributed by atoms with van der Waals surface area (Å²) in [6.45, 7) is 0. The Kier molecular flexibility index (Phi) is 5.23. The predicted molar refractivity (Wildman–Crippen MR) is 102 cm³/mol. The standard InChI is InChI=1S/C20H18O5S/c21-9-16-14(5-12-1-3-17(22)19(24)7-12)10-26-11-15(16)6-13-2-4-18(23)20(25)8-13/h1-9,16,22-25H,10-11H2. The molecule has 1 aliphatic heterocycles. The first-order valence-corrected chi connectivity index (χ1v) is 9.11. The van der Waals surface area contributed by atoms with E-state index >= 15 is 0 Å². The van der Waals surface area contributed by atoms with Crippen LogP contribution in [0.4, 0.5) is 0 Å². The van der Waals surface area contributed by atoms with Gasteiger partial charge in [-0.25, -0.2) is 0 Å². The number of hydrogen-bond donors (Lipinski definition) is 4. The van der Waals surface area contributed by atoms with Gasteiger partial charge in [0.05, 0.1) is 5.92 Å². The van der Waals surface area contributed by atoms with Crippen molar-refractivity contribution >= 4 is 30.2 Å². The lowest BCUT2D eigenvalue weighted by Gasteiger charge is -2.24. The number of carbonyl (C=O) groups excluding carboxylic acids is 1. The molecule has 1 fully saturated rings. The molecule has 134 valence electrons. The summed E-state index contributed by atoms with van der Waals surface area (Å²) in [5, 5.41) is 38.1. The molecule has 3 rings (SSSR count). The lowest BCUT2D eigenvalue weighted by Crippen LogP contribution is -2.18. The molecule has 0 spiro atoms. The van der Waals surface area contributed by atoms with Crippen LogP contribution in [0.5, 0.6) is 23.0 Å². The van der Waals surface area contributed by atoms with Gasteiger partial charge in [0.15, 0.2) is 23.0 Å². The number of thioether (sulfide) groups is 1. The molecule has 1 heterocycles. The van der Waals surface area contributed by atoms with Crippen LogP contribution in [0.2, 0.25) is 0 Å². The Morgan fingerprint density at radius 3 is 1.62 bits per heavy atom. The van der Waals surface area contributed by atoms with Gasteiger partial charge in [-0.3, -0.25) is 0 Å². The molecule has 4 N–H and O–H groups in total. The van der Waals surface area contributed by atoms with Gasteiger partial charge in [-0.2, -0.15) is 11.8 Å². The maximum atomic E-state index is 11.7. The quantitative estimate of drug-likeness (QED) is 0.487. The van der Waals surface area contributed by atoms with Gasteiger partial charge in [0.1, 0.15) is 6.29 Å². The molecule has 1 aliphatic rings. The number of hydrogen-bond acceptors (Lipinski definition) is 6. The summed E-state index contributed by atoms with van der Waals surface area (Å²) in [5.74, 6) is 0.172. The molecule has 0 radical (unpaired) electrons. The number of phenols is 4. The SMILES string of the molecule is O=CC1C(=Cc2ccc(O)c(O)c2)CSCC1=Cc1ccc(O)c(O)c1. The van der Waals surface area contributed by atoms with E-state index in [2.05, 4.69) is 0 Å². The summed E-state index contributed by atoms with van der Waals surface area (Å²) in [6.07, 6.45) is 4.57. The third-order valence-electron chi connectivity index (χ3n) is 4.18. The van der Waals surface area contributed by atoms with Crippen LogP contribution in [0, 0.1) is 5.92 Å². The summed E-state index contributed by atoms with van der Waals surface area (Å²) in [5.41, 5.74) is 3.20. The zero-order chi connectivity index (χ0) is 18.7. The second-order valence-electron chi connectivity index (χ2n) is 6.04. The highest BCUT2D eigenvalue weighted by Crippen LogP contribution is 2.35. The van der Waals surface area contributed by atoms with Crippen molar-refractivity contribution in [1.29, 1.82) is 0 Å². The Morgan fingerprint density at radius 2 is 1.23 bits per heavy atom. The maximum Gasteiger partial charge on any atom is 0.157 e. The summed E-state index contributed by atoms with van der Waals surface area (Å²) in [4.78, 5) is 11.7. The van der Waals surface area contributed by atoms with Crippen LogP contribution in [0.1, 0.15) is 11.1 Å². The van der Waals surface area contributed by atoms with E-state index in [1.54, 1.807) is 23.9 Å². The van der Waals surface area contributed by atoms with Gasteiger partial charge in [0.25, 0.3) is 0 Å². The molecule has 0 bridgehead atoms. The Balaban J connectivity index is 1.94. The third kappa shape index (κ3) is 3.86. The minimum Gasteiger partial charge on any atom is -0.504 e. The number of benzene rings is 2. The van der Waals surface area contributed by atoms with Crippen LogP contribution in [-0.4, -0.2) is 38.2 Å². The van der Waals surface area contributed by atoms with Crippen molar-refractivity contribution in [2.75, 3.05) is 11.5 Å². The normalized spacial score (nSPS) is 20.4. The molecule has 0 amide bonds. The molecular formula is C20H18O5S. The fourth-order valence-electron chi connectivity index (χ4n) is 2.83. The van der Waals surface area contributed by atoms with Crippen LogP contribution in [0.3, 0.4) is 0 Å². The summed E-state index contributed by atoms with van der Waals surface area (Å²) < 4.78 is 0. The average molecular weight is 370 g/mol. The molecule has 5 nitrogen and oxygen atoms in total. The van der Waals surface area contributed by atoms with Crippen molar-refractivity contribution in [3.8, 4) is 23.0 Å². The summed E-state index contributed by atoms with van der Waals surface area (Å²) >= 11 is 1.66. The van der Waals surface area contributed by atoms with Crippen molar-refractivity contribution in [3.63, 3.8) is 0 Å². The number of carbonyl (C=O) groups is 1. The van der Waals surface area contributed by atoms with E-state index in [0.717, 1.165) is 17.4 Å². The highest BCUT2D eigenvalue weighted by atomic mass is 32.2. The van der Waals surface area contributed by atoms with Crippen LogP contribution >= 0.6 is 11.8 Å². The third-order valence-corrected chi connectivity index (χ3v) is 5.25. The van der Waals surface area contributed by atoms with E-state index in [1.165, 1.54) is 24.3 Å². The lowest BCUT2D eigenvalue weighted by molar-refractivity contribution is -0.109. The molecule has 0 unspecified atom stereocenters. The summed E-state index contributed by atoms with van der Waals surface area (Å²) in [7, 11) is 0. The molecular weight excluding hydrogens is 352 g/mol. The summed E-state index contributed by atoms with van der Waals surface area (Å²) in [6, 6.07) is 9.05. The smallest absolute Gasteiger partial charge is 0.157 e. The topological polar surface area (TPSA) is 98.0 Å². The van der Waals surface area contributed by atoms with Gasteiger partial charge >= 0.3 is 0 Å². The molecule has 6 heteroatoms. The molecule has 26 heavy (non-hydrogen) atoms. The molecule has 0 saturated carbocycles. The zero-order valence-corrected chi connectivity index (χ0v) is 14.6. The highest BCUT2D eigenvalue weighted by Gasteiger charge is 2.23. The molecule has 0 atom stereocenters. The zero-order valence-electron chi connectivity index (χ0n) is 13.8. The van der Waals surface area contributed by atoms with Gasteiger partial charge < -0.3 is 25.2 Å². The second-order valence-corrected chi connectivity index (χ2v) is 7.03. The Hall–Kier alpha value is -2.86. The van der Waals surface area contributed by atoms with Crippen LogP contribution in [-0.2, 0) is 4.79 Å². The van der Waals surface area contributed by atoms with E-state index < -0.39 is 5.92 Å². The molecule has 0 aliphatic carbocycles. The Bertz CT molecular complexity index is 832. The first-order valence-electron chi connectivity index (χ1n) is 7.96. The van der Waals surface area contributed by atoms with Crippen LogP contribution < -0.4 is 0 Å². The van der Waals surface area contributed by atoms with Gasteiger partial charge in [0.2, 0.25) is 0 Å². The van der Waals surface area contributed by atoms with Gasteiger partial charge in [-0.15, -0.1) is 0 Å². The van der Waals surface area contributed by atoms with Crippen molar-refractivity contribution in [3.05, 3.63) is 58.7 Å². The molecule has 0 aromatic heterocycles. The monoisotopic (exact) mass is 370 g/mol. The maximum absolute atomic E-state index is 11.7. The Morgan fingerprint density at radius 1 is 0.769 bits per heavy atom. The molecule has 2 aromatic carbocycles. The number of phenolic OH excluding ortho intramolecular Hbond substituents is 4. The van der Waals surface area contributed by atoms with Crippen LogP contribution in [0.15, 0.2) is 47.5 Å². The van der Waals surface area contributed by atoms with Crippen LogP contribution in [0.25, 0.3) is 12.2 Å². The Labute approximate surface area is 154 Å². The average Bonchev–Trinajstić information content (AvgIpc) is 2.62. The van der Waals surface area contributed by atoms with E-state index in [9.17, 15) is 25.2 Å². The minimum absolute atomic E-state index is 0.190. The molecule has 1 saturated heterocycles. The van der Waals surface area contributed by atoms with E-state index in [-0.39, 0.29) is 23.0 Å². The van der Waals surface area contributed by atoms with Crippen molar-refractivity contribution in [2.24, 2.45) is 5.92 Å². The second kappa shape index (κ2) is 7.58. The van der Waals surface area contributed by atoms with Gasteiger partial charge in [0, 0.05) is 11.5 Å². The number of aromatic hydroxyl groups is 4. The van der Waals surface area contributed by atoms with E-state index in [0.29, 0.717) is 22.6 Å². The highest BCUT2D eigenvalue weighted by molar-refractivity contribution is 7.99. The first-order chi connectivity index (χ1) is 12.5. The van der Waals surface area contributed by atoms with E-state index in [1.807, 2.05) is 12.2 Å². The number of aldehydes is 1. The first kappa shape index (κ1) is 17.9. The van der Waals surface area contributed by atoms with Crippen molar-refractivity contribution in [1.82, 2.24) is 0 Å². The van der Waals surface area contributed by atoms with Crippen molar-refractivity contribution < 1.29 is 25.2 Å². The minimum atomic E-state index is -0.400. The van der Waals surface area contributed by atoms with E-state index in [4.69, 9.17) is 0 Å². The largest absolute Gasteiger partial charge is 0.504 e. The molecule has 2 aromatic rings. The predicted octanol–water partition coefficient (Wildman–Crippen LogP) is 3.54. The van der Waals surface area contributed by atoms with Crippen molar-refractivity contribution in [2.45, 2.75) is 0 Å². The fraction of sp³-hybridized carbons (Fsp3) is 0.150. The number of rotatable bonds is 3. The van der Waals surface area contributed by atoms with Gasteiger partial charge in [-0.1, -0.05) is 24.3 Å².